The smallest absolute Gasteiger partial charge is 0.0431 e. The van der Waals surface area contributed by atoms with E-state index in [0.717, 1.165) is 6.42 Å². The lowest BCUT2D eigenvalue weighted by molar-refractivity contribution is 0.282. The van der Waals surface area contributed by atoms with Crippen LogP contribution in [0.1, 0.15) is 110 Å². The van der Waals surface area contributed by atoms with E-state index in [4.69, 9.17) is 5.11 Å². The van der Waals surface area contributed by atoms with Crippen molar-refractivity contribution in [2.45, 2.75) is 110 Å². The summed E-state index contributed by atoms with van der Waals surface area (Å²) in [6, 6.07) is 0. The largest absolute Gasteiger partial charge is 0.396 e. The zero-order valence-corrected chi connectivity index (χ0v) is 14.6. The van der Waals surface area contributed by atoms with Gasteiger partial charge < -0.3 is 5.11 Å². The normalized spacial score (nSPS) is 11.5. The summed E-state index contributed by atoms with van der Waals surface area (Å²) in [4.78, 5) is 0. The summed E-state index contributed by atoms with van der Waals surface area (Å²) >= 11 is 0. The van der Waals surface area contributed by atoms with E-state index in [2.05, 4.69) is 19.1 Å². The van der Waals surface area contributed by atoms with Crippen LogP contribution >= 0.6 is 0 Å². The predicted molar refractivity (Wildman–Crippen MR) is 95.8 cm³/mol. The number of unbranched alkanes of at least 4 members (excludes halogenated alkanes) is 14. The van der Waals surface area contributed by atoms with Crippen molar-refractivity contribution in [3.05, 3.63) is 12.2 Å². The molecule has 1 N–H and O–H groups in total. The van der Waals surface area contributed by atoms with E-state index in [1.54, 1.807) is 0 Å². The van der Waals surface area contributed by atoms with Gasteiger partial charge in [0.15, 0.2) is 0 Å². The third-order valence-corrected chi connectivity index (χ3v) is 4.17. The highest BCUT2D eigenvalue weighted by atomic mass is 16.2. The van der Waals surface area contributed by atoms with Crippen LogP contribution in [0.3, 0.4) is 0 Å². The molecule has 0 aromatic carbocycles. The molecule has 0 aromatic rings. The molecule has 0 saturated carbocycles. The van der Waals surface area contributed by atoms with Crippen LogP contribution in [-0.4, -0.2) is 11.7 Å². The molecule has 0 radical (unpaired) electrons. The van der Waals surface area contributed by atoms with Crippen molar-refractivity contribution in [1.29, 1.82) is 0 Å². The van der Waals surface area contributed by atoms with Crippen molar-refractivity contribution in [2.24, 2.45) is 0 Å². The number of allylic oxidation sites excluding steroid dienone is 2. The minimum absolute atomic E-state index is 0.369. The Bertz CT molecular complexity index is 198. The molecule has 0 aromatic heterocycles. The summed E-state index contributed by atoms with van der Waals surface area (Å²) in [5, 5.41) is 8.69. The van der Waals surface area contributed by atoms with Gasteiger partial charge in [0.05, 0.1) is 0 Å². The highest BCUT2D eigenvalue weighted by Gasteiger charge is 1.93. The summed E-state index contributed by atoms with van der Waals surface area (Å²) in [7, 11) is 0. The molecule has 0 fully saturated rings. The number of hydrogen-bond acceptors (Lipinski definition) is 1. The first-order valence-electron chi connectivity index (χ1n) is 9.67. The van der Waals surface area contributed by atoms with Gasteiger partial charge in [-0.1, -0.05) is 89.7 Å². The van der Waals surface area contributed by atoms with Crippen LogP contribution in [0.5, 0.6) is 0 Å². The zero-order valence-electron chi connectivity index (χ0n) is 14.6. The summed E-state index contributed by atoms with van der Waals surface area (Å²) in [6.45, 7) is 2.63. The van der Waals surface area contributed by atoms with E-state index in [1.807, 2.05) is 0 Å². The fourth-order valence-electron chi connectivity index (χ4n) is 2.71. The molecule has 0 spiro atoms. The maximum Gasteiger partial charge on any atom is 0.0431 e. The minimum Gasteiger partial charge on any atom is -0.396 e. The van der Waals surface area contributed by atoms with Crippen molar-refractivity contribution in [3.8, 4) is 0 Å². The van der Waals surface area contributed by atoms with Gasteiger partial charge in [0.25, 0.3) is 0 Å². The van der Waals surface area contributed by atoms with Crippen molar-refractivity contribution >= 4 is 0 Å². The number of aliphatic hydroxyl groups excluding tert-OH is 1. The van der Waals surface area contributed by atoms with E-state index >= 15 is 0 Å². The summed E-state index contributed by atoms with van der Waals surface area (Å²) in [6.07, 6.45) is 26.2. The first-order chi connectivity index (χ1) is 10.4. The maximum atomic E-state index is 8.69. The fraction of sp³-hybridized carbons (Fsp3) is 0.900. The van der Waals surface area contributed by atoms with Crippen LogP contribution in [-0.2, 0) is 0 Å². The lowest BCUT2D eigenvalue weighted by Crippen LogP contribution is -1.84. The molecule has 1 nitrogen and oxygen atoms in total. The molecule has 0 aliphatic heterocycles. The van der Waals surface area contributed by atoms with E-state index in [0.29, 0.717) is 6.61 Å². The van der Waals surface area contributed by atoms with Crippen LogP contribution in [0.25, 0.3) is 0 Å². The topological polar surface area (TPSA) is 20.2 Å². The van der Waals surface area contributed by atoms with Crippen molar-refractivity contribution in [2.75, 3.05) is 6.61 Å². The third-order valence-electron chi connectivity index (χ3n) is 4.17. The lowest BCUT2D eigenvalue weighted by Gasteiger charge is -2.02. The second kappa shape index (κ2) is 19.7. The van der Waals surface area contributed by atoms with Gasteiger partial charge in [0.1, 0.15) is 0 Å². The average Bonchev–Trinajstić information content (AvgIpc) is 2.50. The molecule has 0 rings (SSSR count). The van der Waals surface area contributed by atoms with Gasteiger partial charge in [-0.2, -0.15) is 0 Å². The Balaban J connectivity index is 2.99. The van der Waals surface area contributed by atoms with Crippen LogP contribution in [0, 0.1) is 0 Å². The summed E-state index contributed by atoms with van der Waals surface area (Å²) in [5.41, 5.74) is 0. The van der Waals surface area contributed by atoms with E-state index in [-0.39, 0.29) is 0 Å². The Morgan fingerprint density at radius 1 is 0.524 bits per heavy atom. The van der Waals surface area contributed by atoms with E-state index in [1.165, 1.54) is 96.3 Å². The van der Waals surface area contributed by atoms with Gasteiger partial charge in [-0.25, -0.2) is 0 Å². The Morgan fingerprint density at radius 2 is 0.905 bits per heavy atom. The van der Waals surface area contributed by atoms with Gasteiger partial charge in [0, 0.05) is 6.61 Å². The number of hydrogen-bond donors (Lipinski definition) is 1. The SMILES string of the molecule is CCCCC/C=C\CCCCCCCCCCCCCO. The first-order valence-corrected chi connectivity index (χ1v) is 9.67. The molecule has 0 atom stereocenters. The van der Waals surface area contributed by atoms with Crippen molar-refractivity contribution in [1.82, 2.24) is 0 Å². The van der Waals surface area contributed by atoms with E-state index in [9.17, 15) is 0 Å². The molecule has 126 valence electrons. The Morgan fingerprint density at radius 3 is 1.33 bits per heavy atom. The second-order valence-corrected chi connectivity index (χ2v) is 6.37. The molecular formula is C20H40O. The Labute approximate surface area is 134 Å². The van der Waals surface area contributed by atoms with Gasteiger partial charge in [-0.3, -0.25) is 0 Å². The maximum absolute atomic E-state index is 8.69. The van der Waals surface area contributed by atoms with Gasteiger partial charge >= 0.3 is 0 Å². The van der Waals surface area contributed by atoms with Crippen molar-refractivity contribution in [3.63, 3.8) is 0 Å². The second-order valence-electron chi connectivity index (χ2n) is 6.37. The predicted octanol–water partition coefficient (Wildman–Crippen LogP) is 6.80. The average molecular weight is 297 g/mol. The van der Waals surface area contributed by atoms with E-state index < -0.39 is 0 Å². The molecule has 0 amide bonds. The molecule has 0 aliphatic carbocycles. The van der Waals surface area contributed by atoms with Crippen LogP contribution in [0.15, 0.2) is 12.2 Å². The van der Waals surface area contributed by atoms with Crippen molar-refractivity contribution < 1.29 is 5.11 Å². The van der Waals surface area contributed by atoms with Gasteiger partial charge in [-0.05, 0) is 32.1 Å². The number of rotatable bonds is 17. The molecule has 0 saturated heterocycles. The monoisotopic (exact) mass is 296 g/mol. The highest BCUT2D eigenvalue weighted by Crippen LogP contribution is 2.12. The number of aliphatic hydroxyl groups is 1. The highest BCUT2D eigenvalue weighted by molar-refractivity contribution is 4.81. The van der Waals surface area contributed by atoms with Gasteiger partial charge in [0.2, 0.25) is 0 Å². The van der Waals surface area contributed by atoms with Gasteiger partial charge in [-0.15, -0.1) is 0 Å². The summed E-state index contributed by atoms with van der Waals surface area (Å²) < 4.78 is 0. The zero-order chi connectivity index (χ0) is 15.4. The van der Waals surface area contributed by atoms with Crippen LogP contribution in [0.4, 0.5) is 0 Å². The molecule has 0 unspecified atom stereocenters. The third kappa shape index (κ3) is 19.7. The standard InChI is InChI=1S/C20H40O/c1-2-3-4-5-6-7-8-9-10-11-12-13-14-15-16-17-18-19-20-21/h6-7,21H,2-5,8-20H2,1H3/b7-6-. The lowest BCUT2D eigenvalue weighted by atomic mass is 10.1. The first kappa shape index (κ1) is 20.7. The van der Waals surface area contributed by atoms with Crippen LogP contribution < -0.4 is 0 Å². The molecule has 1 heteroatoms. The molecule has 0 bridgehead atoms. The van der Waals surface area contributed by atoms with Crippen LogP contribution in [0.2, 0.25) is 0 Å². The Kier molecular flexibility index (Phi) is 19.4. The fourth-order valence-corrected chi connectivity index (χ4v) is 2.71. The molecule has 0 aliphatic rings. The molecule has 21 heavy (non-hydrogen) atoms. The quantitative estimate of drug-likeness (QED) is 0.231. The Hall–Kier alpha value is -0.300. The summed E-state index contributed by atoms with van der Waals surface area (Å²) in [5.74, 6) is 0. The minimum atomic E-state index is 0.369. The molecular weight excluding hydrogens is 256 g/mol. The molecule has 0 heterocycles.